The molecule has 2 atom stereocenters. The Bertz CT molecular complexity index is 368. The lowest BCUT2D eigenvalue weighted by Gasteiger charge is -2.24. The van der Waals surface area contributed by atoms with Crippen LogP contribution in [0.15, 0.2) is 12.1 Å². The molecule has 0 aliphatic rings. The molecule has 0 radical (unpaired) electrons. The van der Waals surface area contributed by atoms with Crippen LogP contribution in [-0.4, -0.2) is 39.6 Å². The number of rotatable bonds is 6. The molecule has 1 rings (SSSR count). The minimum atomic E-state index is -0.578. The van der Waals surface area contributed by atoms with Crippen molar-refractivity contribution in [3.63, 3.8) is 0 Å². The molecule has 0 heterocycles. The second-order valence-electron chi connectivity index (χ2n) is 3.95. The van der Waals surface area contributed by atoms with E-state index in [-0.39, 0.29) is 6.04 Å². The molecular formula is C13H21NO4. The summed E-state index contributed by atoms with van der Waals surface area (Å²) in [6.07, 6.45) is -0.578. The zero-order chi connectivity index (χ0) is 13.7. The first-order valence-electron chi connectivity index (χ1n) is 5.74. The van der Waals surface area contributed by atoms with E-state index in [1.54, 1.807) is 47.4 Å². The molecular weight excluding hydrogens is 234 g/mol. The Balaban J connectivity index is 3.38. The molecule has 2 N–H and O–H groups in total. The molecule has 0 saturated carbocycles. The number of ether oxygens (including phenoxy) is 3. The molecule has 2 unspecified atom stereocenters. The predicted octanol–water partition coefficient (Wildman–Crippen LogP) is 1.35. The summed E-state index contributed by atoms with van der Waals surface area (Å²) in [4.78, 5) is 0. The highest BCUT2D eigenvalue weighted by Gasteiger charge is 2.24. The Morgan fingerprint density at radius 2 is 1.56 bits per heavy atom. The van der Waals surface area contributed by atoms with Gasteiger partial charge in [-0.25, -0.2) is 0 Å². The Hall–Kier alpha value is -1.46. The van der Waals surface area contributed by atoms with Gasteiger partial charge < -0.3 is 24.6 Å². The van der Waals surface area contributed by atoms with E-state index in [2.05, 4.69) is 5.32 Å². The van der Waals surface area contributed by atoms with Crippen LogP contribution in [0.4, 0.5) is 0 Å². The molecule has 102 valence electrons. The van der Waals surface area contributed by atoms with Gasteiger partial charge in [-0.3, -0.25) is 0 Å². The van der Waals surface area contributed by atoms with E-state index in [0.717, 1.165) is 5.56 Å². The Labute approximate surface area is 108 Å². The monoisotopic (exact) mass is 255 g/mol. The SMILES string of the molecule is CNC(c1c(OC)cc(OC)cc1OC)C(C)O. The Kier molecular flexibility index (Phi) is 5.25. The van der Waals surface area contributed by atoms with Crippen molar-refractivity contribution in [2.24, 2.45) is 0 Å². The fourth-order valence-corrected chi connectivity index (χ4v) is 1.97. The van der Waals surface area contributed by atoms with Crippen molar-refractivity contribution >= 4 is 0 Å². The maximum Gasteiger partial charge on any atom is 0.131 e. The van der Waals surface area contributed by atoms with Crippen LogP contribution in [-0.2, 0) is 0 Å². The van der Waals surface area contributed by atoms with Gasteiger partial charge in [0.1, 0.15) is 17.2 Å². The third-order valence-electron chi connectivity index (χ3n) is 2.86. The van der Waals surface area contributed by atoms with Gasteiger partial charge in [0.05, 0.1) is 39.0 Å². The standard InChI is InChI=1S/C13H21NO4/c1-8(15)13(14-2)12-10(17-4)6-9(16-3)7-11(12)18-5/h6-8,13-15H,1-5H3. The zero-order valence-corrected chi connectivity index (χ0v) is 11.5. The fraction of sp³-hybridized carbons (Fsp3) is 0.538. The van der Waals surface area contributed by atoms with Gasteiger partial charge in [0.25, 0.3) is 0 Å². The third kappa shape index (κ3) is 2.86. The first kappa shape index (κ1) is 14.6. The highest BCUT2D eigenvalue weighted by Crippen LogP contribution is 2.39. The summed E-state index contributed by atoms with van der Waals surface area (Å²) in [6.45, 7) is 1.71. The van der Waals surface area contributed by atoms with Gasteiger partial charge >= 0.3 is 0 Å². The lowest BCUT2D eigenvalue weighted by Crippen LogP contribution is -2.28. The lowest BCUT2D eigenvalue weighted by molar-refractivity contribution is 0.146. The van der Waals surface area contributed by atoms with Crippen molar-refractivity contribution in [3.8, 4) is 17.2 Å². The maximum absolute atomic E-state index is 9.83. The number of methoxy groups -OCH3 is 3. The van der Waals surface area contributed by atoms with Gasteiger partial charge in [-0.1, -0.05) is 0 Å². The fourth-order valence-electron chi connectivity index (χ4n) is 1.97. The Morgan fingerprint density at radius 1 is 1.06 bits per heavy atom. The van der Waals surface area contributed by atoms with E-state index in [1.807, 2.05) is 0 Å². The van der Waals surface area contributed by atoms with Crippen LogP contribution in [0, 0.1) is 0 Å². The minimum Gasteiger partial charge on any atom is -0.496 e. The van der Waals surface area contributed by atoms with E-state index in [9.17, 15) is 5.11 Å². The minimum absolute atomic E-state index is 0.277. The molecule has 0 bridgehead atoms. The summed E-state index contributed by atoms with van der Waals surface area (Å²) >= 11 is 0. The van der Waals surface area contributed by atoms with Gasteiger partial charge in [0.15, 0.2) is 0 Å². The highest BCUT2D eigenvalue weighted by atomic mass is 16.5. The van der Waals surface area contributed by atoms with Crippen molar-refractivity contribution < 1.29 is 19.3 Å². The van der Waals surface area contributed by atoms with Gasteiger partial charge in [0, 0.05) is 12.1 Å². The number of benzene rings is 1. The van der Waals surface area contributed by atoms with Gasteiger partial charge in [-0.05, 0) is 14.0 Å². The maximum atomic E-state index is 9.83. The van der Waals surface area contributed by atoms with E-state index < -0.39 is 6.10 Å². The summed E-state index contributed by atoms with van der Waals surface area (Å²) in [5.41, 5.74) is 0.776. The predicted molar refractivity (Wildman–Crippen MR) is 69.6 cm³/mol. The molecule has 5 heteroatoms. The first-order valence-corrected chi connectivity index (χ1v) is 5.74. The highest BCUT2D eigenvalue weighted by molar-refractivity contribution is 5.52. The number of nitrogens with one attached hydrogen (secondary N) is 1. The summed E-state index contributed by atoms with van der Waals surface area (Å²) in [5, 5.41) is 12.9. The van der Waals surface area contributed by atoms with Gasteiger partial charge in [0.2, 0.25) is 0 Å². The zero-order valence-electron chi connectivity index (χ0n) is 11.5. The van der Waals surface area contributed by atoms with Crippen LogP contribution in [0.25, 0.3) is 0 Å². The van der Waals surface area contributed by atoms with Gasteiger partial charge in [-0.15, -0.1) is 0 Å². The van der Waals surface area contributed by atoms with Crippen LogP contribution >= 0.6 is 0 Å². The van der Waals surface area contributed by atoms with Crippen LogP contribution in [0.3, 0.4) is 0 Å². The van der Waals surface area contributed by atoms with Crippen LogP contribution in [0.5, 0.6) is 17.2 Å². The smallest absolute Gasteiger partial charge is 0.131 e. The Morgan fingerprint density at radius 3 is 1.83 bits per heavy atom. The molecule has 1 aromatic rings. The van der Waals surface area contributed by atoms with Crippen molar-refractivity contribution in [2.45, 2.75) is 19.1 Å². The largest absolute Gasteiger partial charge is 0.496 e. The molecule has 0 aliphatic heterocycles. The van der Waals surface area contributed by atoms with E-state index >= 15 is 0 Å². The molecule has 0 saturated heterocycles. The number of hydrogen-bond acceptors (Lipinski definition) is 5. The molecule has 0 spiro atoms. The molecule has 0 amide bonds. The van der Waals surface area contributed by atoms with Crippen LogP contribution in [0.2, 0.25) is 0 Å². The van der Waals surface area contributed by atoms with Crippen molar-refractivity contribution in [3.05, 3.63) is 17.7 Å². The quantitative estimate of drug-likeness (QED) is 0.803. The molecule has 0 fully saturated rings. The number of aliphatic hydroxyl groups excluding tert-OH is 1. The second kappa shape index (κ2) is 6.47. The summed E-state index contributed by atoms with van der Waals surface area (Å²) in [7, 11) is 6.51. The number of likely N-dealkylation sites (N-methyl/N-ethyl adjacent to an activating group) is 1. The molecule has 0 aliphatic carbocycles. The summed E-state index contributed by atoms with van der Waals surface area (Å²) in [5.74, 6) is 1.88. The third-order valence-corrected chi connectivity index (χ3v) is 2.86. The second-order valence-corrected chi connectivity index (χ2v) is 3.95. The number of hydrogen-bond donors (Lipinski definition) is 2. The van der Waals surface area contributed by atoms with E-state index in [0.29, 0.717) is 17.2 Å². The van der Waals surface area contributed by atoms with Crippen LogP contribution < -0.4 is 19.5 Å². The average molecular weight is 255 g/mol. The summed E-state index contributed by atoms with van der Waals surface area (Å²) in [6, 6.07) is 3.26. The van der Waals surface area contributed by atoms with E-state index in [1.165, 1.54) is 0 Å². The molecule has 1 aromatic carbocycles. The lowest BCUT2D eigenvalue weighted by atomic mass is 10.00. The van der Waals surface area contributed by atoms with Crippen molar-refractivity contribution in [1.82, 2.24) is 5.32 Å². The normalized spacial score (nSPS) is 13.9. The molecule has 5 nitrogen and oxygen atoms in total. The molecule has 0 aromatic heterocycles. The van der Waals surface area contributed by atoms with Gasteiger partial charge in [-0.2, -0.15) is 0 Å². The first-order chi connectivity index (χ1) is 8.58. The van der Waals surface area contributed by atoms with Crippen LogP contribution in [0.1, 0.15) is 18.5 Å². The van der Waals surface area contributed by atoms with Crippen molar-refractivity contribution in [1.29, 1.82) is 0 Å². The van der Waals surface area contributed by atoms with E-state index in [4.69, 9.17) is 14.2 Å². The summed E-state index contributed by atoms with van der Waals surface area (Å²) < 4.78 is 15.9. The average Bonchev–Trinajstić information content (AvgIpc) is 2.38. The number of aliphatic hydroxyl groups is 1. The topological polar surface area (TPSA) is 60.0 Å². The van der Waals surface area contributed by atoms with Crippen molar-refractivity contribution in [2.75, 3.05) is 28.4 Å². The molecule has 18 heavy (non-hydrogen) atoms.